The largest absolute Gasteiger partial charge is 0.352 e. The number of hydrogen-bond donors (Lipinski definition) is 1. The zero-order valence-corrected chi connectivity index (χ0v) is 19.6. The van der Waals surface area contributed by atoms with Gasteiger partial charge in [-0.2, -0.15) is 0 Å². The van der Waals surface area contributed by atoms with Crippen LogP contribution in [0.3, 0.4) is 0 Å². The molecule has 1 fully saturated rings. The summed E-state index contributed by atoms with van der Waals surface area (Å²) in [5.74, 6) is 0.948. The normalized spacial score (nSPS) is 18.6. The van der Waals surface area contributed by atoms with Crippen molar-refractivity contribution in [2.24, 2.45) is 0 Å². The van der Waals surface area contributed by atoms with E-state index in [9.17, 15) is 0 Å². The summed E-state index contributed by atoms with van der Waals surface area (Å²) in [4.78, 5) is 13.8. The van der Waals surface area contributed by atoms with Crippen molar-refractivity contribution in [3.05, 3.63) is 77.0 Å². The lowest BCUT2D eigenvalue weighted by Gasteiger charge is -2.29. The Kier molecular flexibility index (Phi) is 6.07. The second-order valence-corrected chi connectivity index (χ2v) is 8.86. The van der Waals surface area contributed by atoms with Gasteiger partial charge in [0, 0.05) is 36.9 Å². The highest BCUT2D eigenvalue weighted by Gasteiger charge is 2.41. The predicted molar refractivity (Wildman–Crippen MR) is 128 cm³/mol. The summed E-state index contributed by atoms with van der Waals surface area (Å²) in [6, 6.07) is 12.5. The smallest absolute Gasteiger partial charge is 0.170 e. The Bertz CT molecular complexity index is 1070. The van der Waals surface area contributed by atoms with E-state index in [2.05, 4.69) is 82.7 Å². The average molecular weight is 435 g/mol. The molecule has 0 amide bonds. The van der Waals surface area contributed by atoms with Crippen LogP contribution in [0.1, 0.15) is 40.3 Å². The van der Waals surface area contributed by atoms with Crippen molar-refractivity contribution in [2.75, 3.05) is 27.2 Å². The first kappa shape index (κ1) is 21.5. The maximum Gasteiger partial charge on any atom is 0.170 e. The molecule has 7 heteroatoms. The third kappa shape index (κ3) is 4.20. The van der Waals surface area contributed by atoms with Crippen LogP contribution in [0.5, 0.6) is 0 Å². The van der Waals surface area contributed by atoms with Crippen LogP contribution >= 0.6 is 12.2 Å². The van der Waals surface area contributed by atoms with Crippen molar-refractivity contribution in [3.8, 4) is 5.82 Å². The summed E-state index contributed by atoms with van der Waals surface area (Å²) < 4.78 is 2.24. The lowest BCUT2D eigenvalue weighted by atomic mass is 9.97. The molecule has 0 aromatic carbocycles. The van der Waals surface area contributed by atoms with Gasteiger partial charge in [-0.1, -0.05) is 6.07 Å². The van der Waals surface area contributed by atoms with E-state index in [1.165, 1.54) is 16.8 Å². The van der Waals surface area contributed by atoms with Gasteiger partial charge in [0.05, 0.1) is 17.8 Å². The molecule has 2 atom stereocenters. The fourth-order valence-corrected chi connectivity index (χ4v) is 4.71. The third-order valence-electron chi connectivity index (χ3n) is 5.90. The number of aromatic nitrogens is 3. The van der Waals surface area contributed by atoms with Gasteiger partial charge in [-0.15, -0.1) is 0 Å². The minimum absolute atomic E-state index is 0.00437. The molecule has 2 unspecified atom stereocenters. The van der Waals surface area contributed by atoms with E-state index >= 15 is 0 Å². The highest BCUT2D eigenvalue weighted by Crippen LogP contribution is 2.41. The fourth-order valence-electron chi connectivity index (χ4n) is 4.37. The SMILES string of the molecule is Cc1ccnc(-n2c(C)cc(C3C(c4ccccn4)NC(=S)N3CCN(C)C)c2C)c1. The van der Waals surface area contributed by atoms with Crippen molar-refractivity contribution >= 4 is 17.3 Å². The van der Waals surface area contributed by atoms with Crippen molar-refractivity contribution in [1.29, 1.82) is 0 Å². The van der Waals surface area contributed by atoms with Crippen LogP contribution in [-0.2, 0) is 0 Å². The summed E-state index contributed by atoms with van der Waals surface area (Å²) in [5, 5.41) is 4.33. The van der Waals surface area contributed by atoms with Gasteiger partial charge in [-0.3, -0.25) is 4.98 Å². The van der Waals surface area contributed by atoms with E-state index in [-0.39, 0.29) is 12.1 Å². The van der Waals surface area contributed by atoms with Gasteiger partial charge in [0.2, 0.25) is 0 Å². The van der Waals surface area contributed by atoms with Crippen LogP contribution in [0.25, 0.3) is 5.82 Å². The molecule has 1 aliphatic heterocycles. The number of aryl methyl sites for hydroxylation is 2. The van der Waals surface area contributed by atoms with Gasteiger partial charge in [0.1, 0.15) is 5.82 Å². The van der Waals surface area contributed by atoms with E-state index in [0.717, 1.165) is 35.4 Å². The molecule has 4 rings (SSSR count). The Hall–Kier alpha value is -2.77. The summed E-state index contributed by atoms with van der Waals surface area (Å²) >= 11 is 5.79. The van der Waals surface area contributed by atoms with E-state index in [4.69, 9.17) is 12.2 Å². The second kappa shape index (κ2) is 8.77. The first-order chi connectivity index (χ1) is 14.9. The molecule has 0 radical (unpaired) electrons. The fraction of sp³-hybridized carbons (Fsp3) is 0.375. The minimum Gasteiger partial charge on any atom is -0.352 e. The number of nitrogens with zero attached hydrogens (tertiary/aromatic N) is 5. The number of nitrogens with one attached hydrogen (secondary N) is 1. The van der Waals surface area contributed by atoms with Gasteiger partial charge in [-0.05, 0) is 88.5 Å². The van der Waals surface area contributed by atoms with Crippen LogP contribution in [-0.4, -0.2) is 56.6 Å². The molecule has 3 aromatic heterocycles. The number of thiocarbonyl (C=S) groups is 1. The maximum absolute atomic E-state index is 5.79. The van der Waals surface area contributed by atoms with Gasteiger partial charge < -0.3 is 19.7 Å². The molecule has 3 aromatic rings. The second-order valence-electron chi connectivity index (χ2n) is 8.48. The Balaban J connectivity index is 1.81. The average Bonchev–Trinajstić information content (AvgIpc) is 3.22. The van der Waals surface area contributed by atoms with Crippen molar-refractivity contribution in [2.45, 2.75) is 32.9 Å². The first-order valence-corrected chi connectivity index (χ1v) is 11.0. The molecule has 4 heterocycles. The molecule has 0 spiro atoms. The van der Waals surface area contributed by atoms with Gasteiger partial charge in [-0.25, -0.2) is 4.98 Å². The van der Waals surface area contributed by atoms with Crippen LogP contribution in [0, 0.1) is 20.8 Å². The van der Waals surface area contributed by atoms with Crippen molar-refractivity contribution in [3.63, 3.8) is 0 Å². The first-order valence-electron chi connectivity index (χ1n) is 10.6. The third-order valence-corrected chi connectivity index (χ3v) is 6.26. The summed E-state index contributed by atoms with van der Waals surface area (Å²) in [5.41, 5.74) is 5.80. The Labute approximate surface area is 189 Å². The maximum atomic E-state index is 5.79. The van der Waals surface area contributed by atoms with Crippen LogP contribution in [0.15, 0.2) is 48.8 Å². The molecule has 1 saturated heterocycles. The topological polar surface area (TPSA) is 49.2 Å². The van der Waals surface area contributed by atoms with E-state index in [1.54, 1.807) is 0 Å². The molecular weight excluding hydrogens is 404 g/mol. The number of likely N-dealkylation sites (N-methyl/N-ethyl adjacent to an activating group) is 1. The summed E-state index contributed by atoms with van der Waals surface area (Å²) in [6.45, 7) is 8.18. The molecule has 6 nitrogen and oxygen atoms in total. The molecule has 0 bridgehead atoms. The van der Waals surface area contributed by atoms with Crippen LogP contribution in [0.2, 0.25) is 0 Å². The summed E-state index contributed by atoms with van der Waals surface area (Å²) in [6.07, 6.45) is 3.72. The molecule has 0 aliphatic carbocycles. The molecule has 162 valence electrons. The van der Waals surface area contributed by atoms with Crippen LogP contribution in [0.4, 0.5) is 0 Å². The van der Waals surface area contributed by atoms with Crippen LogP contribution < -0.4 is 5.32 Å². The molecule has 1 N–H and O–H groups in total. The molecule has 0 saturated carbocycles. The monoisotopic (exact) mass is 434 g/mol. The molecular formula is C24H30N6S. The Morgan fingerprint density at radius 2 is 1.87 bits per heavy atom. The van der Waals surface area contributed by atoms with E-state index < -0.39 is 0 Å². The van der Waals surface area contributed by atoms with Gasteiger partial charge >= 0.3 is 0 Å². The van der Waals surface area contributed by atoms with Crippen molar-refractivity contribution in [1.82, 2.24) is 29.7 Å². The highest BCUT2D eigenvalue weighted by atomic mass is 32.1. The quantitative estimate of drug-likeness (QED) is 0.597. The standard InChI is InChI=1S/C24H30N6S/c1-16-9-11-26-21(14-16)30-17(2)15-19(18(30)3)23-22(20-8-6-7-10-25-20)27-24(31)29(23)13-12-28(4)5/h6-11,14-15,22-23H,12-13H2,1-5H3,(H,27,31). The lowest BCUT2D eigenvalue weighted by Crippen LogP contribution is -2.35. The highest BCUT2D eigenvalue weighted by molar-refractivity contribution is 7.80. The Morgan fingerprint density at radius 3 is 2.55 bits per heavy atom. The minimum atomic E-state index is -0.00437. The Morgan fingerprint density at radius 1 is 1.06 bits per heavy atom. The number of rotatable bonds is 6. The zero-order chi connectivity index (χ0) is 22.1. The van der Waals surface area contributed by atoms with Gasteiger partial charge in [0.15, 0.2) is 5.11 Å². The zero-order valence-electron chi connectivity index (χ0n) is 18.8. The van der Waals surface area contributed by atoms with E-state index in [0.29, 0.717) is 0 Å². The molecule has 31 heavy (non-hydrogen) atoms. The van der Waals surface area contributed by atoms with E-state index in [1.807, 2.05) is 30.6 Å². The molecule has 1 aliphatic rings. The van der Waals surface area contributed by atoms with Crippen molar-refractivity contribution < 1.29 is 0 Å². The number of pyridine rings is 2. The van der Waals surface area contributed by atoms with Gasteiger partial charge in [0.25, 0.3) is 0 Å². The number of hydrogen-bond acceptors (Lipinski definition) is 4. The predicted octanol–water partition coefficient (Wildman–Crippen LogP) is 3.73. The lowest BCUT2D eigenvalue weighted by molar-refractivity contribution is 0.277. The summed E-state index contributed by atoms with van der Waals surface area (Å²) in [7, 11) is 4.18.